The minimum absolute atomic E-state index is 0.0277. The fraction of sp³-hybridized carbons (Fsp3) is 0.308. The molecule has 0 saturated heterocycles. The maximum absolute atomic E-state index is 13.3. The van der Waals surface area contributed by atoms with Crippen LogP contribution in [0, 0.1) is 17.5 Å². The third-order valence-electron chi connectivity index (χ3n) is 2.96. The van der Waals surface area contributed by atoms with E-state index in [-0.39, 0.29) is 11.5 Å². The second-order valence-corrected chi connectivity index (χ2v) is 4.68. The zero-order chi connectivity index (χ0) is 14.3. The molecule has 0 fully saturated rings. The molecule has 0 aliphatic rings. The summed E-state index contributed by atoms with van der Waals surface area (Å²) >= 11 is 0. The molecule has 1 aromatic carbocycles. The molecule has 0 aliphatic heterocycles. The van der Waals surface area contributed by atoms with Crippen LogP contribution < -0.4 is 5.73 Å². The fourth-order valence-electron chi connectivity index (χ4n) is 2.03. The Balaban J connectivity index is 2.69. The zero-order valence-electron chi connectivity index (χ0n) is 10.8. The quantitative estimate of drug-likeness (QED) is 0.851. The number of nitrogen functional groups attached to an aromatic ring is 1. The molecule has 0 bridgehead atoms. The number of hydrogen-bond donors (Lipinski definition) is 1. The van der Waals surface area contributed by atoms with Crippen molar-refractivity contribution in [2.75, 3.05) is 5.73 Å². The van der Waals surface area contributed by atoms with E-state index in [9.17, 15) is 13.2 Å². The van der Waals surface area contributed by atoms with Crippen LogP contribution in [-0.2, 0) is 7.05 Å². The molecule has 2 rings (SSSR count). The summed E-state index contributed by atoms with van der Waals surface area (Å²) in [5.74, 6) is -3.52. The van der Waals surface area contributed by atoms with Gasteiger partial charge in [-0.15, -0.1) is 0 Å². The molecule has 2 N–H and O–H groups in total. The van der Waals surface area contributed by atoms with Gasteiger partial charge in [0, 0.05) is 18.2 Å². The van der Waals surface area contributed by atoms with Crippen LogP contribution >= 0.6 is 0 Å². The Morgan fingerprint density at radius 3 is 2.16 bits per heavy atom. The first-order valence-corrected chi connectivity index (χ1v) is 5.80. The zero-order valence-corrected chi connectivity index (χ0v) is 10.8. The van der Waals surface area contributed by atoms with Gasteiger partial charge < -0.3 is 5.73 Å². The van der Waals surface area contributed by atoms with E-state index in [0.717, 1.165) is 12.1 Å². The van der Waals surface area contributed by atoms with E-state index < -0.39 is 17.5 Å². The maximum Gasteiger partial charge on any atom is 0.194 e. The first-order chi connectivity index (χ1) is 8.82. The van der Waals surface area contributed by atoms with Crippen molar-refractivity contribution in [1.29, 1.82) is 0 Å². The highest BCUT2D eigenvalue weighted by Gasteiger charge is 2.21. The molecule has 1 aromatic heterocycles. The molecule has 19 heavy (non-hydrogen) atoms. The van der Waals surface area contributed by atoms with Crippen molar-refractivity contribution in [2.24, 2.45) is 7.05 Å². The van der Waals surface area contributed by atoms with Gasteiger partial charge in [-0.1, -0.05) is 13.8 Å². The van der Waals surface area contributed by atoms with Gasteiger partial charge in [-0.3, -0.25) is 4.68 Å². The SMILES string of the molecule is CC(C)c1c(-c2cc(F)c(F)c(F)c2)nn(C)c1N. The number of hydrogen-bond acceptors (Lipinski definition) is 2. The smallest absolute Gasteiger partial charge is 0.194 e. The number of rotatable bonds is 2. The highest BCUT2D eigenvalue weighted by Crippen LogP contribution is 2.33. The van der Waals surface area contributed by atoms with Crippen molar-refractivity contribution in [3.63, 3.8) is 0 Å². The predicted octanol–water partition coefficient (Wildman–Crippen LogP) is 3.21. The van der Waals surface area contributed by atoms with E-state index in [1.807, 2.05) is 13.8 Å². The summed E-state index contributed by atoms with van der Waals surface area (Å²) < 4.78 is 41.0. The van der Waals surface area contributed by atoms with E-state index >= 15 is 0 Å². The Kier molecular flexibility index (Phi) is 3.26. The Labute approximate surface area is 108 Å². The first kappa shape index (κ1) is 13.5. The molecule has 0 atom stereocenters. The number of halogens is 3. The highest BCUT2D eigenvalue weighted by atomic mass is 19.2. The van der Waals surface area contributed by atoms with Crippen LogP contribution in [0.15, 0.2) is 12.1 Å². The van der Waals surface area contributed by atoms with Crippen molar-refractivity contribution in [1.82, 2.24) is 9.78 Å². The van der Waals surface area contributed by atoms with Crippen molar-refractivity contribution >= 4 is 5.82 Å². The molecule has 102 valence electrons. The van der Waals surface area contributed by atoms with Gasteiger partial charge in [-0.2, -0.15) is 5.10 Å². The minimum atomic E-state index is -1.49. The molecule has 0 amide bonds. The Morgan fingerprint density at radius 2 is 1.68 bits per heavy atom. The molecular weight excluding hydrogens is 255 g/mol. The van der Waals surface area contributed by atoms with Crippen molar-refractivity contribution < 1.29 is 13.2 Å². The lowest BCUT2D eigenvalue weighted by Crippen LogP contribution is -2.00. The average Bonchev–Trinajstić information content (AvgIpc) is 2.62. The van der Waals surface area contributed by atoms with E-state index in [0.29, 0.717) is 17.1 Å². The Hall–Kier alpha value is -1.98. The van der Waals surface area contributed by atoms with Crippen LogP contribution in [0.4, 0.5) is 19.0 Å². The standard InChI is InChI=1S/C13H14F3N3/c1-6(2)10-12(18-19(3)13(10)17)7-4-8(14)11(16)9(15)5-7/h4-6H,17H2,1-3H3. The molecule has 6 heteroatoms. The number of benzene rings is 1. The van der Waals surface area contributed by atoms with Crippen molar-refractivity contribution in [3.8, 4) is 11.3 Å². The molecule has 0 unspecified atom stereocenters. The van der Waals surface area contributed by atoms with E-state index in [2.05, 4.69) is 5.10 Å². The molecular formula is C13H14F3N3. The second-order valence-electron chi connectivity index (χ2n) is 4.68. The third-order valence-corrected chi connectivity index (χ3v) is 2.96. The lowest BCUT2D eigenvalue weighted by atomic mass is 9.98. The van der Waals surface area contributed by atoms with Crippen LogP contribution in [-0.4, -0.2) is 9.78 Å². The van der Waals surface area contributed by atoms with Gasteiger partial charge in [0.1, 0.15) is 5.82 Å². The van der Waals surface area contributed by atoms with Gasteiger partial charge >= 0.3 is 0 Å². The summed E-state index contributed by atoms with van der Waals surface area (Å²) in [4.78, 5) is 0. The van der Waals surface area contributed by atoms with Gasteiger partial charge in [0.25, 0.3) is 0 Å². The lowest BCUT2D eigenvalue weighted by molar-refractivity contribution is 0.447. The number of aromatic nitrogens is 2. The molecule has 3 nitrogen and oxygen atoms in total. The molecule has 0 aliphatic carbocycles. The van der Waals surface area contributed by atoms with Gasteiger partial charge in [0.2, 0.25) is 0 Å². The summed E-state index contributed by atoms with van der Waals surface area (Å²) in [5, 5.41) is 4.15. The summed E-state index contributed by atoms with van der Waals surface area (Å²) in [6.07, 6.45) is 0. The van der Waals surface area contributed by atoms with E-state index in [1.54, 1.807) is 7.05 Å². The average molecular weight is 269 g/mol. The van der Waals surface area contributed by atoms with Crippen LogP contribution in [0.1, 0.15) is 25.3 Å². The normalized spacial score (nSPS) is 11.3. The van der Waals surface area contributed by atoms with Gasteiger partial charge in [0.05, 0.1) is 5.69 Å². The van der Waals surface area contributed by atoms with Crippen LogP contribution in [0.5, 0.6) is 0 Å². The number of nitrogens with two attached hydrogens (primary N) is 1. The van der Waals surface area contributed by atoms with Crippen molar-refractivity contribution in [2.45, 2.75) is 19.8 Å². The minimum Gasteiger partial charge on any atom is -0.384 e. The van der Waals surface area contributed by atoms with Crippen LogP contribution in [0.25, 0.3) is 11.3 Å². The monoisotopic (exact) mass is 269 g/mol. The number of anilines is 1. The highest BCUT2D eigenvalue weighted by molar-refractivity contribution is 5.69. The maximum atomic E-state index is 13.3. The molecule has 1 heterocycles. The largest absolute Gasteiger partial charge is 0.384 e. The van der Waals surface area contributed by atoms with Crippen molar-refractivity contribution in [3.05, 3.63) is 35.1 Å². The summed E-state index contributed by atoms with van der Waals surface area (Å²) in [7, 11) is 1.64. The summed E-state index contributed by atoms with van der Waals surface area (Å²) in [6.45, 7) is 3.79. The third kappa shape index (κ3) is 2.18. The lowest BCUT2D eigenvalue weighted by Gasteiger charge is -2.08. The Bertz CT molecular complexity index is 609. The fourth-order valence-corrected chi connectivity index (χ4v) is 2.03. The van der Waals surface area contributed by atoms with E-state index in [4.69, 9.17) is 5.73 Å². The van der Waals surface area contributed by atoms with Gasteiger partial charge in [-0.25, -0.2) is 13.2 Å². The van der Waals surface area contributed by atoms with E-state index in [1.165, 1.54) is 4.68 Å². The molecule has 0 saturated carbocycles. The Morgan fingerprint density at radius 1 is 1.16 bits per heavy atom. The van der Waals surface area contributed by atoms with Crippen LogP contribution in [0.3, 0.4) is 0 Å². The van der Waals surface area contributed by atoms with Gasteiger partial charge in [0.15, 0.2) is 17.5 Å². The number of nitrogens with zero attached hydrogens (tertiary/aromatic N) is 2. The van der Waals surface area contributed by atoms with Crippen LogP contribution in [0.2, 0.25) is 0 Å². The predicted molar refractivity (Wildman–Crippen MR) is 67.0 cm³/mol. The summed E-state index contributed by atoms with van der Waals surface area (Å²) in [5.41, 5.74) is 7.12. The molecule has 0 radical (unpaired) electrons. The first-order valence-electron chi connectivity index (χ1n) is 5.80. The second kappa shape index (κ2) is 4.60. The molecule has 0 spiro atoms. The number of aryl methyl sites for hydroxylation is 1. The summed E-state index contributed by atoms with van der Waals surface area (Å²) in [6, 6.07) is 1.85. The van der Waals surface area contributed by atoms with Gasteiger partial charge in [-0.05, 0) is 18.1 Å². The topological polar surface area (TPSA) is 43.8 Å². The molecule has 2 aromatic rings.